The number of ether oxygens (including phenoxy) is 1. The van der Waals surface area contributed by atoms with Gasteiger partial charge in [0.25, 0.3) is 0 Å². The van der Waals surface area contributed by atoms with Crippen LogP contribution >= 0.6 is 11.8 Å². The van der Waals surface area contributed by atoms with Crippen LogP contribution in [-0.2, 0) is 19.1 Å². The summed E-state index contributed by atoms with van der Waals surface area (Å²) < 4.78 is 5.41. The van der Waals surface area contributed by atoms with Crippen LogP contribution in [0.1, 0.15) is 38.3 Å². The van der Waals surface area contributed by atoms with Crippen molar-refractivity contribution in [1.82, 2.24) is 10.2 Å². The average molecular weight is 460 g/mol. The van der Waals surface area contributed by atoms with Gasteiger partial charge in [-0.1, -0.05) is 30.3 Å². The summed E-state index contributed by atoms with van der Waals surface area (Å²) in [6.45, 7) is 3.37. The molecule has 0 bridgehead atoms. The fourth-order valence-corrected chi connectivity index (χ4v) is 5.43. The van der Waals surface area contributed by atoms with Crippen molar-refractivity contribution in [1.29, 1.82) is 0 Å². The zero-order valence-electron chi connectivity index (χ0n) is 17.7. The number of thioether (sulfide) groups is 1. The quantitative estimate of drug-likeness (QED) is 0.416. The van der Waals surface area contributed by atoms with Gasteiger partial charge in [-0.3, -0.25) is 14.5 Å². The van der Waals surface area contributed by atoms with Crippen molar-refractivity contribution < 1.29 is 29.0 Å². The Balaban J connectivity index is 1.57. The van der Waals surface area contributed by atoms with Crippen LogP contribution in [0.4, 0.5) is 4.79 Å². The molecule has 1 saturated heterocycles. The highest BCUT2D eigenvalue weighted by Crippen LogP contribution is 2.47. The molecule has 32 heavy (non-hydrogen) atoms. The molecule has 2 amide bonds. The van der Waals surface area contributed by atoms with Crippen LogP contribution in [0.5, 0.6) is 0 Å². The fourth-order valence-electron chi connectivity index (χ4n) is 4.08. The number of carbonyl (C=O) groups is 4. The molecule has 4 unspecified atom stereocenters. The van der Waals surface area contributed by atoms with Crippen LogP contribution in [0.15, 0.2) is 41.6 Å². The van der Waals surface area contributed by atoms with Crippen molar-refractivity contribution in [2.45, 2.75) is 49.6 Å². The molecule has 170 valence electrons. The van der Waals surface area contributed by atoms with Crippen molar-refractivity contribution in [3.05, 3.63) is 47.2 Å². The van der Waals surface area contributed by atoms with Crippen LogP contribution in [0.25, 0.3) is 0 Å². The zero-order chi connectivity index (χ0) is 23.2. The molecule has 1 aromatic carbocycles. The number of Topliss-reactive ketones (excluding diaryl/α,β-unsaturated/α-hetero) is 1. The number of nitrogens with zero attached hydrogens (tertiary/aromatic N) is 1. The Bertz CT molecular complexity index is 993. The molecule has 5 atom stereocenters. The summed E-state index contributed by atoms with van der Waals surface area (Å²) in [5.41, 5.74) is 6.76. The molecule has 0 aromatic heterocycles. The molecule has 4 N–H and O–H groups in total. The van der Waals surface area contributed by atoms with Crippen molar-refractivity contribution in [3.63, 3.8) is 0 Å². The number of aliphatic carboxylic acids is 1. The molecule has 0 radical (unpaired) electrons. The molecule has 4 rings (SSSR count). The molecule has 1 aliphatic carbocycles. The van der Waals surface area contributed by atoms with Gasteiger partial charge in [-0.05, 0) is 43.7 Å². The van der Waals surface area contributed by atoms with Gasteiger partial charge in [-0.15, -0.1) is 11.8 Å². The van der Waals surface area contributed by atoms with Crippen LogP contribution in [0.3, 0.4) is 0 Å². The van der Waals surface area contributed by atoms with Gasteiger partial charge in [0.1, 0.15) is 29.1 Å². The molecular formula is C22H25N3O6S. The van der Waals surface area contributed by atoms with Crippen LogP contribution < -0.4 is 11.1 Å². The lowest BCUT2D eigenvalue weighted by Gasteiger charge is -2.50. The van der Waals surface area contributed by atoms with E-state index in [2.05, 4.69) is 5.32 Å². The second-order valence-electron chi connectivity index (χ2n) is 8.31. The maximum atomic E-state index is 13.5. The first-order valence-electron chi connectivity index (χ1n) is 10.4. The van der Waals surface area contributed by atoms with Crippen molar-refractivity contribution in [3.8, 4) is 0 Å². The second-order valence-corrected chi connectivity index (χ2v) is 9.57. The molecule has 9 nitrogen and oxygen atoms in total. The number of carboxylic acid groups (broad SMARTS) is 1. The number of fused-ring (bicyclic) bond motifs is 1. The topological polar surface area (TPSA) is 139 Å². The van der Waals surface area contributed by atoms with E-state index in [0.717, 1.165) is 29.5 Å². The Labute approximate surface area is 189 Å². The normalized spacial score (nSPS) is 26.5. The maximum Gasteiger partial charge on any atom is 0.408 e. The molecular weight excluding hydrogens is 434 g/mol. The van der Waals surface area contributed by atoms with Crippen molar-refractivity contribution >= 4 is 35.5 Å². The molecule has 2 heterocycles. The molecule has 2 fully saturated rings. The highest BCUT2D eigenvalue weighted by Gasteiger charge is 2.58. The standard InChI is InChI=1S/C22H25N3O6S/c1-10-16(21(28)29)25-19(27)14(20(25)32-18(10)23)17(26)15(13-6-4-3-5-7-13)24-22(30)31-11(2)12-8-9-12/h3-7,11-12,14-15,18,20H,8-9,23H2,1-2H3,(H,24,30)(H,28,29)/t11?,14?,15?,18?,20-/m1/s1. The molecule has 0 spiro atoms. The van der Waals surface area contributed by atoms with Gasteiger partial charge < -0.3 is 20.9 Å². The predicted octanol–water partition coefficient (Wildman–Crippen LogP) is 2.00. The highest BCUT2D eigenvalue weighted by atomic mass is 32.2. The fraction of sp³-hybridized carbons (Fsp3) is 0.455. The van der Waals surface area contributed by atoms with Crippen LogP contribution in [0, 0.1) is 11.8 Å². The first-order valence-corrected chi connectivity index (χ1v) is 11.4. The molecule has 10 heteroatoms. The van der Waals surface area contributed by atoms with Crippen molar-refractivity contribution in [2.24, 2.45) is 17.6 Å². The average Bonchev–Trinajstić information content (AvgIpc) is 3.60. The summed E-state index contributed by atoms with van der Waals surface area (Å²) >= 11 is 1.16. The number of hydrogen-bond donors (Lipinski definition) is 3. The number of alkyl carbamates (subject to hydrolysis) is 1. The highest BCUT2D eigenvalue weighted by molar-refractivity contribution is 8.00. The summed E-state index contributed by atoms with van der Waals surface area (Å²) in [6.07, 6.45) is 1.01. The third-order valence-corrected chi connectivity index (χ3v) is 7.55. The summed E-state index contributed by atoms with van der Waals surface area (Å²) in [7, 11) is 0. The second kappa shape index (κ2) is 8.59. The number of nitrogens with two attached hydrogens (primary N) is 1. The summed E-state index contributed by atoms with van der Waals surface area (Å²) in [5, 5.41) is 10.8. The van der Waals surface area contributed by atoms with E-state index >= 15 is 0 Å². The van der Waals surface area contributed by atoms with E-state index in [1.165, 1.54) is 0 Å². The first-order chi connectivity index (χ1) is 15.2. The SMILES string of the molecule is CC1=C(C(=O)O)N2C(=O)C(C(=O)C(NC(=O)OC(C)C3CC3)c3ccccc3)[C@H]2SC1N. The third kappa shape index (κ3) is 4.00. The summed E-state index contributed by atoms with van der Waals surface area (Å²) in [6, 6.07) is 7.48. The summed E-state index contributed by atoms with van der Waals surface area (Å²) in [5.74, 6) is -3.20. The van der Waals surface area contributed by atoms with Crippen LogP contribution in [-0.4, -0.2) is 50.6 Å². The Morgan fingerprint density at radius 2 is 1.91 bits per heavy atom. The number of ketones is 1. The van der Waals surface area contributed by atoms with E-state index in [9.17, 15) is 24.3 Å². The minimum Gasteiger partial charge on any atom is -0.477 e. The molecule has 3 aliphatic rings. The molecule has 1 saturated carbocycles. The Morgan fingerprint density at radius 3 is 2.50 bits per heavy atom. The van der Waals surface area contributed by atoms with Crippen molar-refractivity contribution in [2.75, 3.05) is 0 Å². The largest absolute Gasteiger partial charge is 0.477 e. The minimum absolute atomic E-state index is 0.183. The Morgan fingerprint density at radius 1 is 1.25 bits per heavy atom. The zero-order valence-corrected chi connectivity index (χ0v) is 18.5. The van der Waals surface area contributed by atoms with Crippen LogP contribution in [0.2, 0.25) is 0 Å². The van der Waals surface area contributed by atoms with E-state index in [-0.39, 0.29) is 11.8 Å². The lowest BCUT2D eigenvalue weighted by Crippen LogP contribution is -2.66. The number of carbonyl (C=O) groups excluding carboxylic acids is 3. The van der Waals surface area contributed by atoms with Gasteiger partial charge in [-0.25, -0.2) is 9.59 Å². The monoisotopic (exact) mass is 459 g/mol. The smallest absolute Gasteiger partial charge is 0.408 e. The lowest BCUT2D eigenvalue weighted by molar-refractivity contribution is -0.157. The van der Waals surface area contributed by atoms with Gasteiger partial charge >= 0.3 is 12.1 Å². The van der Waals surface area contributed by atoms with E-state index < -0.39 is 46.5 Å². The predicted molar refractivity (Wildman–Crippen MR) is 116 cm³/mol. The Hall–Kier alpha value is -2.85. The maximum absolute atomic E-state index is 13.5. The number of rotatable bonds is 7. The lowest BCUT2D eigenvalue weighted by atomic mass is 9.85. The van der Waals surface area contributed by atoms with E-state index in [4.69, 9.17) is 10.5 Å². The van der Waals surface area contributed by atoms with Gasteiger partial charge in [0, 0.05) is 0 Å². The van der Waals surface area contributed by atoms with Gasteiger partial charge in [0.2, 0.25) is 5.91 Å². The number of carboxylic acids is 1. The minimum atomic E-state index is -1.27. The number of β-lactam (4-membered cyclic amide) rings is 1. The molecule has 2 aliphatic heterocycles. The third-order valence-electron chi connectivity index (χ3n) is 6.14. The number of hydrogen-bond acceptors (Lipinski definition) is 7. The van der Waals surface area contributed by atoms with Gasteiger partial charge in [0.15, 0.2) is 5.78 Å². The number of nitrogens with one attached hydrogen (secondary N) is 1. The van der Waals surface area contributed by atoms with E-state index in [0.29, 0.717) is 17.1 Å². The first kappa shape index (κ1) is 22.3. The Kier molecular flexibility index (Phi) is 6.00. The summed E-state index contributed by atoms with van der Waals surface area (Å²) in [4.78, 5) is 51.7. The van der Waals surface area contributed by atoms with E-state index in [1.807, 2.05) is 6.92 Å². The van der Waals surface area contributed by atoms with E-state index in [1.54, 1.807) is 37.3 Å². The number of amides is 2. The molecule has 1 aromatic rings. The number of benzene rings is 1. The van der Waals surface area contributed by atoms with Gasteiger partial charge in [-0.2, -0.15) is 0 Å². The van der Waals surface area contributed by atoms with Gasteiger partial charge in [0.05, 0.1) is 5.37 Å².